The van der Waals surface area contributed by atoms with Gasteiger partial charge in [-0.3, -0.25) is 0 Å². The van der Waals surface area contributed by atoms with E-state index >= 15 is 0 Å². The van der Waals surface area contributed by atoms with E-state index in [9.17, 15) is 0 Å². The lowest BCUT2D eigenvalue weighted by Gasteiger charge is -2.08. The van der Waals surface area contributed by atoms with Crippen LogP contribution in [0.1, 0.15) is 13.8 Å². The molecule has 0 aromatic carbocycles. The molecule has 0 aromatic rings. The largest absolute Gasteiger partial charge is 0.499 e. The fourth-order valence-corrected chi connectivity index (χ4v) is 0.855. The molecular formula is C11H22O4. The quantitative estimate of drug-likeness (QED) is 0.390. The summed E-state index contributed by atoms with van der Waals surface area (Å²) in [7, 11) is 0. The molecule has 0 atom stereocenters. The first-order valence-corrected chi connectivity index (χ1v) is 5.27. The summed E-state index contributed by atoms with van der Waals surface area (Å²) in [4.78, 5) is 0. The Morgan fingerprint density at radius 1 is 0.933 bits per heavy atom. The molecule has 90 valence electrons. The predicted octanol–water partition coefficient (Wildman–Crippen LogP) is 1.60. The first-order chi connectivity index (χ1) is 7.27. The van der Waals surface area contributed by atoms with Gasteiger partial charge in [0.05, 0.1) is 45.4 Å². The van der Waals surface area contributed by atoms with Crippen molar-refractivity contribution in [2.45, 2.75) is 20.0 Å². The molecule has 0 aliphatic carbocycles. The van der Waals surface area contributed by atoms with Crippen LogP contribution in [0.15, 0.2) is 12.8 Å². The molecule has 0 spiro atoms. The van der Waals surface area contributed by atoms with Crippen molar-refractivity contribution < 1.29 is 18.9 Å². The van der Waals surface area contributed by atoms with Crippen LogP contribution in [0.5, 0.6) is 0 Å². The first kappa shape index (κ1) is 14.4. The molecule has 0 saturated heterocycles. The zero-order valence-electron chi connectivity index (χ0n) is 9.74. The summed E-state index contributed by atoms with van der Waals surface area (Å²) in [5.74, 6) is 0. The summed E-state index contributed by atoms with van der Waals surface area (Å²) < 4.78 is 20.7. The van der Waals surface area contributed by atoms with E-state index in [1.54, 1.807) is 0 Å². The Kier molecular flexibility index (Phi) is 11.1. The first-order valence-electron chi connectivity index (χ1n) is 5.27. The standard InChI is InChI=1S/C11H22O4/c1-4-12-5-6-13-7-8-14-9-10-15-11(2)3/h4,11H,1,5-10H2,2-3H3. The highest BCUT2D eigenvalue weighted by Gasteiger charge is 1.93. The Morgan fingerprint density at radius 3 is 2.00 bits per heavy atom. The maximum absolute atomic E-state index is 5.30. The molecule has 0 aromatic heterocycles. The molecule has 0 amide bonds. The fraction of sp³-hybridized carbons (Fsp3) is 0.818. The minimum absolute atomic E-state index is 0.265. The third-order valence-corrected chi connectivity index (χ3v) is 1.51. The van der Waals surface area contributed by atoms with Crippen molar-refractivity contribution in [2.24, 2.45) is 0 Å². The highest BCUT2D eigenvalue weighted by atomic mass is 16.6. The Morgan fingerprint density at radius 2 is 1.47 bits per heavy atom. The highest BCUT2D eigenvalue weighted by molar-refractivity contribution is 4.47. The van der Waals surface area contributed by atoms with E-state index in [-0.39, 0.29) is 6.10 Å². The van der Waals surface area contributed by atoms with Gasteiger partial charge in [-0.25, -0.2) is 0 Å². The molecule has 0 bridgehead atoms. The average molecular weight is 218 g/mol. The summed E-state index contributed by atoms with van der Waals surface area (Å²) in [6.45, 7) is 11.0. The normalized spacial score (nSPS) is 10.6. The zero-order chi connectivity index (χ0) is 11.4. The van der Waals surface area contributed by atoms with Crippen LogP contribution in [0.4, 0.5) is 0 Å². The van der Waals surface area contributed by atoms with E-state index in [0.29, 0.717) is 39.6 Å². The summed E-state index contributed by atoms with van der Waals surface area (Å²) in [6.07, 6.45) is 1.67. The second-order valence-corrected chi connectivity index (χ2v) is 3.18. The Labute approximate surface area is 92.2 Å². The maximum Gasteiger partial charge on any atom is 0.111 e. The topological polar surface area (TPSA) is 36.9 Å². The van der Waals surface area contributed by atoms with Crippen LogP contribution in [0.25, 0.3) is 0 Å². The Bertz CT molecular complexity index is 137. The van der Waals surface area contributed by atoms with Gasteiger partial charge in [0.2, 0.25) is 0 Å². The maximum atomic E-state index is 5.30. The molecule has 0 aliphatic heterocycles. The highest BCUT2D eigenvalue weighted by Crippen LogP contribution is 1.87. The fourth-order valence-electron chi connectivity index (χ4n) is 0.855. The van der Waals surface area contributed by atoms with Crippen molar-refractivity contribution >= 4 is 0 Å². The summed E-state index contributed by atoms with van der Waals surface area (Å²) in [6, 6.07) is 0. The molecule has 0 aliphatic rings. The van der Waals surface area contributed by atoms with Gasteiger partial charge in [-0.1, -0.05) is 6.58 Å². The zero-order valence-corrected chi connectivity index (χ0v) is 9.74. The van der Waals surface area contributed by atoms with Gasteiger partial charge in [-0.05, 0) is 13.8 Å². The van der Waals surface area contributed by atoms with Gasteiger partial charge in [0, 0.05) is 0 Å². The van der Waals surface area contributed by atoms with Crippen LogP contribution in [0.3, 0.4) is 0 Å². The van der Waals surface area contributed by atoms with Crippen molar-refractivity contribution in [1.82, 2.24) is 0 Å². The van der Waals surface area contributed by atoms with E-state index in [1.165, 1.54) is 6.26 Å². The molecule has 0 saturated carbocycles. The molecule has 15 heavy (non-hydrogen) atoms. The van der Waals surface area contributed by atoms with Crippen molar-refractivity contribution in [3.8, 4) is 0 Å². The van der Waals surface area contributed by atoms with Crippen LogP contribution in [-0.2, 0) is 18.9 Å². The van der Waals surface area contributed by atoms with E-state index < -0.39 is 0 Å². The third kappa shape index (κ3) is 13.4. The smallest absolute Gasteiger partial charge is 0.111 e. The summed E-state index contributed by atoms with van der Waals surface area (Å²) >= 11 is 0. The SMILES string of the molecule is C=COCCOCCOCCOC(C)C. The molecule has 0 unspecified atom stereocenters. The van der Waals surface area contributed by atoms with Gasteiger partial charge in [-0.15, -0.1) is 0 Å². The molecule has 0 N–H and O–H groups in total. The minimum atomic E-state index is 0.265. The van der Waals surface area contributed by atoms with E-state index in [4.69, 9.17) is 18.9 Å². The van der Waals surface area contributed by atoms with Crippen molar-refractivity contribution in [3.63, 3.8) is 0 Å². The van der Waals surface area contributed by atoms with E-state index in [0.717, 1.165) is 0 Å². The van der Waals surface area contributed by atoms with Gasteiger partial charge in [0.1, 0.15) is 6.61 Å². The molecular weight excluding hydrogens is 196 g/mol. The van der Waals surface area contributed by atoms with Gasteiger partial charge >= 0.3 is 0 Å². The molecule has 4 nitrogen and oxygen atoms in total. The van der Waals surface area contributed by atoms with Gasteiger partial charge in [-0.2, -0.15) is 0 Å². The van der Waals surface area contributed by atoms with E-state index in [2.05, 4.69) is 6.58 Å². The molecule has 0 fully saturated rings. The predicted molar refractivity (Wildman–Crippen MR) is 58.9 cm³/mol. The second-order valence-electron chi connectivity index (χ2n) is 3.18. The van der Waals surface area contributed by atoms with Gasteiger partial charge < -0.3 is 18.9 Å². The average Bonchev–Trinajstić information content (AvgIpc) is 2.20. The minimum Gasteiger partial charge on any atom is -0.499 e. The molecule has 4 heteroatoms. The van der Waals surface area contributed by atoms with Gasteiger partial charge in [0.15, 0.2) is 0 Å². The number of ether oxygens (including phenoxy) is 4. The van der Waals surface area contributed by atoms with Crippen molar-refractivity contribution in [2.75, 3.05) is 39.6 Å². The van der Waals surface area contributed by atoms with Crippen LogP contribution < -0.4 is 0 Å². The van der Waals surface area contributed by atoms with Crippen LogP contribution in [-0.4, -0.2) is 45.7 Å². The monoisotopic (exact) mass is 218 g/mol. The van der Waals surface area contributed by atoms with Crippen molar-refractivity contribution in [3.05, 3.63) is 12.8 Å². The lowest BCUT2D eigenvalue weighted by Crippen LogP contribution is -2.13. The molecule has 0 rings (SSSR count). The summed E-state index contributed by atoms with van der Waals surface area (Å²) in [5.41, 5.74) is 0. The van der Waals surface area contributed by atoms with Crippen molar-refractivity contribution in [1.29, 1.82) is 0 Å². The lowest BCUT2D eigenvalue weighted by molar-refractivity contribution is -0.00639. The molecule has 0 heterocycles. The molecule has 0 radical (unpaired) electrons. The van der Waals surface area contributed by atoms with Crippen LogP contribution in [0.2, 0.25) is 0 Å². The van der Waals surface area contributed by atoms with Crippen LogP contribution in [0, 0.1) is 0 Å². The number of hydrogen-bond donors (Lipinski definition) is 0. The number of hydrogen-bond acceptors (Lipinski definition) is 4. The number of rotatable bonds is 11. The van der Waals surface area contributed by atoms with E-state index in [1.807, 2.05) is 13.8 Å². The Balaban J connectivity index is 2.89. The third-order valence-electron chi connectivity index (χ3n) is 1.51. The van der Waals surface area contributed by atoms with Gasteiger partial charge in [0.25, 0.3) is 0 Å². The Hall–Kier alpha value is -0.580. The second kappa shape index (κ2) is 11.5. The van der Waals surface area contributed by atoms with Crippen LogP contribution >= 0.6 is 0 Å². The summed E-state index contributed by atoms with van der Waals surface area (Å²) in [5, 5.41) is 0. The lowest BCUT2D eigenvalue weighted by atomic mass is 10.5.